The molecule has 124 valence electrons. The minimum absolute atomic E-state index is 0.0130. The minimum atomic E-state index is -0.554. The molecular formula is C16H14FN3O3S. The van der Waals surface area contributed by atoms with Crippen LogP contribution in [0.5, 0.6) is 0 Å². The van der Waals surface area contributed by atoms with Gasteiger partial charge in [0.2, 0.25) is 0 Å². The van der Waals surface area contributed by atoms with Crippen LogP contribution in [0.2, 0.25) is 0 Å². The summed E-state index contributed by atoms with van der Waals surface area (Å²) in [6, 6.07) is 4.62. The molecule has 8 heteroatoms. The second-order valence-corrected chi connectivity index (χ2v) is 6.15. The summed E-state index contributed by atoms with van der Waals surface area (Å²) in [7, 11) is 2.97. The number of nitrogens with one attached hydrogen (secondary N) is 1. The lowest BCUT2D eigenvalue weighted by Gasteiger charge is -2.06. The van der Waals surface area contributed by atoms with E-state index in [-0.39, 0.29) is 17.3 Å². The van der Waals surface area contributed by atoms with E-state index >= 15 is 0 Å². The van der Waals surface area contributed by atoms with E-state index in [4.69, 9.17) is 4.74 Å². The monoisotopic (exact) mass is 347 g/mol. The van der Waals surface area contributed by atoms with Crippen LogP contribution in [0, 0.1) is 5.82 Å². The zero-order chi connectivity index (χ0) is 17.3. The molecule has 2 heterocycles. The third kappa shape index (κ3) is 2.88. The third-order valence-corrected chi connectivity index (χ3v) is 4.70. The zero-order valence-corrected chi connectivity index (χ0v) is 13.8. The Kier molecular flexibility index (Phi) is 4.30. The molecule has 2 aromatic heterocycles. The Morgan fingerprint density at radius 2 is 2.21 bits per heavy atom. The van der Waals surface area contributed by atoms with E-state index in [1.165, 1.54) is 24.1 Å². The molecule has 0 atom stereocenters. The van der Waals surface area contributed by atoms with Gasteiger partial charge in [-0.1, -0.05) is 6.07 Å². The van der Waals surface area contributed by atoms with Crippen LogP contribution in [0.4, 0.5) is 4.39 Å². The number of amides is 1. The van der Waals surface area contributed by atoms with Gasteiger partial charge in [-0.25, -0.2) is 9.18 Å². The maximum atomic E-state index is 14.2. The molecule has 0 spiro atoms. The Labute approximate surface area is 140 Å². The second kappa shape index (κ2) is 6.40. The smallest absolute Gasteiger partial charge is 0.348 e. The number of nitrogens with zero attached hydrogens (tertiary/aromatic N) is 2. The molecule has 24 heavy (non-hydrogen) atoms. The number of aryl methyl sites for hydroxylation is 1. The van der Waals surface area contributed by atoms with Crippen molar-refractivity contribution in [2.45, 2.75) is 6.54 Å². The van der Waals surface area contributed by atoms with Gasteiger partial charge in [-0.15, -0.1) is 11.3 Å². The van der Waals surface area contributed by atoms with Crippen molar-refractivity contribution in [1.82, 2.24) is 15.1 Å². The van der Waals surface area contributed by atoms with Gasteiger partial charge in [0, 0.05) is 35.4 Å². The van der Waals surface area contributed by atoms with E-state index in [1.54, 1.807) is 25.4 Å². The van der Waals surface area contributed by atoms with Crippen LogP contribution < -0.4 is 5.32 Å². The second-order valence-electron chi connectivity index (χ2n) is 5.10. The third-order valence-electron chi connectivity index (χ3n) is 3.53. The molecule has 0 aliphatic heterocycles. The predicted octanol–water partition coefficient (Wildman–Crippen LogP) is 2.49. The molecule has 0 saturated heterocycles. The molecule has 0 saturated carbocycles. The summed E-state index contributed by atoms with van der Waals surface area (Å²) in [5, 5.41) is 6.95. The molecule has 0 unspecified atom stereocenters. The standard InChI is InChI=1S/C16H14FN3O3S/c1-20-8-9(6-19-20)15(21)18-7-10-13-11(17)4-3-5-12(13)24-14(10)16(22)23-2/h3-6,8H,7H2,1-2H3,(H,18,21). The van der Waals surface area contributed by atoms with Crippen molar-refractivity contribution in [1.29, 1.82) is 0 Å². The van der Waals surface area contributed by atoms with Crippen molar-refractivity contribution < 1.29 is 18.7 Å². The van der Waals surface area contributed by atoms with Crippen molar-refractivity contribution in [2.24, 2.45) is 7.05 Å². The summed E-state index contributed by atoms with van der Waals surface area (Å²) >= 11 is 1.14. The van der Waals surface area contributed by atoms with Gasteiger partial charge in [0.05, 0.1) is 18.9 Å². The molecule has 1 amide bonds. The van der Waals surface area contributed by atoms with Gasteiger partial charge in [0.1, 0.15) is 10.7 Å². The number of rotatable bonds is 4. The number of esters is 1. The van der Waals surface area contributed by atoms with E-state index in [0.29, 0.717) is 21.2 Å². The van der Waals surface area contributed by atoms with Gasteiger partial charge >= 0.3 is 5.97 Å². The number of aromatic nitrogens is 2. The summed E-state index contributed by atoms with van der Waals surface area (Å²) in [6.45, 7) is 0.0130. The molecular weight excluding hydrogens is 333 g/mol. The molecule has 0 bridgehead atoms. The molecule has 1 aromatic carbocycles. The summed E-state index contributed by atoms with van der Waals surface area (Å²) in [6.07, 6.45) is 3.01. The minimum Gasteiger partial charge on any atom is -0.465 e. The van der Waals surface area contributed by atoms with Crippen molar-refractivity contribution in [3.05, 3.63) is 52.4 Å². The Morgan fingerprint density at radius 3 is 2.88 bits per heavy atom. The van der Waals surface area contributed by atoms with Crippen molar-refractivity contribution in [3.8, 4) is 0 Å². The maximum absolute atomic E-state index is 14.2. The van der Waals surface area contributed by atoms with E-state index < -0.39 is 11.8 Å². The first-order valence-corrected chi connectivity index (χ1v) is 7.88. The summed E-state index contributed by atoms with van der Waals surface area (Å²) in [5.41, 5.74) is 0.800. The highest BCUT2D eigenvalue weighted by Crippen LogP contribution is 2.33. The summed E-state index contributed by atoms with van der Waals surface area (Å²) in [5.74, 6) is -1.35. The first-order chi connectivity index (χ1) is 11.5. The predicted molar refractivity (Wildman–Crippen MR) is 87.5 cm³/mol. The fourth-order valence-electron chi connectivity index (χ4n) is 2.40. The largest absolute Gasteiger partial charge is 0.465 e. The number of hydrogen-bond donors (Lipinski definition) is 1. The van der Waals surface area contributed by atoms with Gasteiger partial charge < -0.3 is 10.1 Å². The van der Waals surface area contributed by atoms with Crippen LogP contribution in [-0.4, -0.2) is 28.8 Å². The Balaban J connectivity index is 1.95. The van der Waals surface area contributed by atoms with Gasteiger partial charge in [-0.2, -0.15) is 5.10 Å². The Morgan fingerprint density at radius 1 is 1.42 bits per heavy atom. The van der Waals surface area contributed by atoms with Crippen LogP contribution in [-0.2, 0) is 18.3 Å². The quantitative estimate of drug-likeness (QED) is 0.736. The maximum Gasteiger partial charge on any atom is 0.348 e. The van der Waals surface area contributed by atoms with E-state index in [1.807, 2.05) is 0 Å². The van der Waals surface area contributed by atoms with Gasteiger partial charge in [-0.05, 0) is 12.1 Å². The number of benzene rings is 1. The Bertz CT molecular complexity index is 932. The van der Waals surface area contributed by atoms with Crippen LogP contribution in [0.25, 0.3) is 10.1 Å². The topological polar surface area (TPSA) is 73.2 Å². The number of ether oxygens (including phenoxy) is 1. The van der Waals surface area contributed by atoms with Gasteiger partial charge in [-0.3, -0.25) is 9.48 Å². The molecule has 3 rings (SSSR count). The molecule has 1 N–H and O–H groups in total. The highest BCUT2D eigenvalue weighted by molar-refractivity contribution is 7.21. The normalized spacial score (nSPS) is 10.8. The highest BCUT2D eigenvalue weighted by atomic mass is 32.1. The lowest BCUT2D eigenvalue weighted by molar-refractivity contribution is 0.0604. The van der Waals surface area contributed by atoms with Crippen LogP contribution in [0.3, 0.4) is 0 Å². The van der Waals surface area contributed by atoms with Crippen molar-refractivity contribution in [3.63, 3.8) is 0 Å². The first-order valence-electron chi connectivity index (χ1n) is 7.06. The average molecular weight is 347 g/mol. The fraction of sp³-hybridized carbons (Fsp3) is 0.188. The van der Waals surface area contributed by atoms with Crippen LogP contribution in [0.15, 0.2) is 30.6 Å². The summed E-state index contributed by atoms with van der Waals surface area (Å²) in [4.78, 5) is 24.4. The molecule has 3 aromatic rings. The van der Waals surface area contributed by atoms with Gasteiger partial charge in [0.25, 0.3) is 5.91 Å². The van der Waals surface area contributed by atoms with E-state index in [9.17, 15) is 14.0 Å². The Hall–Kier alpha value is -2.74. The van der Waals surface area contributed by atoms with Crippen molar-refractivity contribution >= 4 is 33.3 Å². The fourth-order valence-corrected chi connectivity index (χ4v) is 3.56. The zero-order valence-electron chi connectivity index (χ0n) is 13.0. The van der Waals surface area contributed by atoms with Crippen molar-refractivity contribution in [2.75, 3.05) is 7.11 Å². The molecule has 0 aliphatic carbocycles. The van der Waals surface area contributed by atoms with Crippen LogP contribution >= 0.6 is 11.3 Å². The van der Waals surface area contributed by atoms with Gasteiger partial charge in [0.15, 0.2) is 0 Å². The number of hydrogen-bond acceptors (Lipinski definition) is 5. The molecule has 0 aliphatic rings. The highest BCUT2D eigenvalue weighted by Gasteiger charge is 2.22. The van der Waals surface area contributed by atoms with E-state index in [2.05, 4.69) is 10.4 Å². The average Bonchev–Trinajstić information content (AvgIpc) is 3.16. The van der Waals surface area contributed by atoms with E-state index in [0.717, 1.165) is 11.3 Å². The molecule has 0 radical (unpaired) electrons. The lowest BCUT2D eigenvalue weighted by Crippen LogP contribution is -2.23. The van der Waals surface area contributed by atoms with Crippen LogP contribution in [0.1, 0.15) is 25.6 Å². The lowest BCUT2D eigenvalue weighted by atomic mass is 10.1. The first kappa shape index (κ1) is 16.1. The number of carbonyl (C=O) groups excluding carboxylic acids is 2. The summed E-state index contributed by atoms with van der Waals surface area (Å²) < 4.78 is 21.1. The number of fused-ring (bicyclic) bond motifs is 1. The number of carbonyl (C=O) groups is 2. The number of thiophene rings is 1. The molecule has 6 nitrogen and oxygen atoms in total. The number of halogens is 1. The SMILES string of the molecule is COC(=O)c1sc2cccc(F)c2c1CNC(=O)c1cnn(C)c1. The molecule has 0 fully saturated rings. The number of methoxy groups -OCH3 is 1.